The van der Waals surface area contributed by atoms with E-state index in [0.717, 1.165) is 0 Å². The summed E-state index contributed by atoms with van der Waals surface area (Å²) in [6, 6.07) is 0. The predicted molar refractivity (Wildman–Crippen MR) is 40.1 cm³/mol. The fraction of sp³-hybridized carbons (Fsp3) is 0.429. The molecule has 0 unspecified atom stereocenters. The van der Waals surface area contributed by atoms with Crippen LogP contribution < -0.4 is 5.32 Å². The summed E-state index contributed by atoms with van der Waals surface area (Å²) < 4.78 is 0. The van der Waals surface area contributed by atoms with E-state index in [4.69, 9.17) is 5.11 Å². The van der Waals surface area contributed by atoms with Crippen LogP contribution in [0.4, 0.5) is 0 Å². The number of hydrogen-bond donors (Lipinski definition) is 2. The van der Waals surface area contributed by atoms with Crippen molar-refractivity contribution in [2.75, 3.05) is 6.54 Å². The first-order valence-electron chi connectivity index (χ1n) is 3.25. The second-order valence-electron chi connectivity index (χ2n) is 2.03. The smallest absolute Gasteiger partial charge is 0.322 e. The lowest BCUT2D eigenvalue weighted by molar-refractivity contribution is -0.137. The summed E-state index contributed by atoms with van der Waals surface area (Å²) in [6.07, 6.45) is 0.533. The largest absolute Gasteiger partial charge is 0.480 e. The summed E-state index contributed by atoms with van der Waals surface area (Å²) in [6.45, 7) is 4.88. The Morgan fingerprint density at radius 3 is 2.45 bits per heavy atom. The molecule has 0 heterocycles. The van der Waals surface area contributed by atoms with Crippen molar-refractivity contribution < 1.29 is 14.7 Å². The minimum absolute atomic E-state index is 0.349. The molecular weight excluding hydrogens is 146 g/mol. The molecule has 4 heteroatoms. The molecule has 0 spiro atoms. The number of aliphatic carboxylic acids is 1. The van der Waals surface area contributed by atoms with Crippen LogP contribution in [0.15, 0.2) is 12.2 Å². The molecule has 0 aromatic rings. The van der Waals surface area contributed by atoms with Gasteiger partial charge in [0.05, 0.1) is 0 Å². The third-order valence-corrected chi connectivity index (χ3v) is 1.15. The summed E-state index contributed by atoms with van der Waals surface area (Å²) in [5.41, 5.74) is 0.395. The molecule has 2 N–H and O–H groups in total. The Morgan fingerprint density at radius 2 is 2.09 bits per heavy atom. The van der Waals surface area contributed by atoms with Gasteiger partial charge in [0.15, 0.2) is 0 Å². The van der Waals surface area contributed by atoms with Gasteiger partial charge in [-0.25, -0.2) is 0 Å². The molecule has 0 fully saturated rings. The molecule has 11 heavy (non-hydrogen) atoms. The molecule has 0 aromatic carbocycles. The van der Waals surface area contributed by atoms with Crippen molar-refractivity contribution in [3.63, 3.8) is 0 Å². The maximum absolute atomic E-state index is 10.8. The minimum Gasteiger partial charge on any atom is -0.480 e. The quantitative estimate of drug-likeness (QED) is 0.571. The van der Waals surface area contributed by atoms with E-state index in [1.165, 1.54) is 0 Å². The lowest BCUT2D eigenvalue weighted by atomic mass is 10.2. The van der Waals surface area contributed by atoms with E-state index in [-0.39, 0.29) is 6.54 Å². The van der Waals surface area contributed by atoms with Crippen molar-refractivity contribution >= 4 is 11.9 Å². The third-order valence-electron chi connectivity index (χ3n) is 1.15. The fourth-order valence-corrected chi connectivity index (χ4v) is 0.441. The average molecular weight is 157 g/mol. The SMILES string of the molecule is C=C(CC)C(=O)NCC(=O)O. The highest BCUT2D eigenvalue weighted by atomic mass is 16.4. The van der Waals surface area contributed by atoms with Gasteiger partial charge in [-0.3, -0.25) is 9.59 Å². The second kappa shape index (κ2) is 4.49. The molecule has 0 aliphatic heterocycles. The molecule has 0 aromatic heterocycles. The first-order chi connectivity index (χ1) is 5.07. The summed E-state index contributed by atoms with van der Waals surface area (Å²) in [4.78, 5) is 20.8. The Kier molecular flexibility index (Phi) is 3.95. The van der Waals surface area contributed by atoms with E-state index in [9.17, 15) is 9.59 Å². The maximum Gasteiger partial charge on any atom is 0.322 e. The molecule has 0 aliphatic carbocycles. The number of amides is 1. The molecule has 0 saturated carbocycles. The van der Waals surface area contributed by atoms with Crippen LogP contribution in [-0.4, -0.2) is 23.5 Å². The Morgan fingerprint density at radius 1 is 1.55 bits per heavy atom. The predicted octanol–water partition coefficient (Wildman–Crippen LogP) is 0.153. The van der Waals surface area contributed by atoms with Gasteiger partial charge in [0.25, 0.3) is 0 Å². The highest BCUT2D eigenvalue weighted by molar-refractivity contribution is 5.94. The Bertz CT molecular complexity index is 186. The second-order valence-corrected chi connectivity index (χ2v) is 2.03. The van der Waals surface area contributed by atoms with Crippen molar-refractivity contribution in [1.82, 2.24) is 5.32 Å². The Hall–Kier alpha value is -1.32. The normalized spacial score (nSPS) is 8.82. The number of carbonyl (C=O) groups excluding carboxylic acids is 1. The maximum atomic E-state index is 10.8. The summed E-state index contributed by atoms with van der Waals surface area (Å²) >= 11 is 0. The lowest BCUT2D eigenvalue weighted by Gasteiger charge is -2.01. The van der Waals surface area contributed by atoms with Crippen molar-refractivity contribution in [1.29, 1.82) is 0 Å². The summed E-state index contributed by atoms with van der Waals surface area (Å²) in [5.74, 6) is -1.45. The Labute approximate surface area is 64.9 Å². The zero-order chi connectivity index (χ0) is 8.85. The van der Waals surface area contributed by atoms with E-state index in [1.807, 2.05) is 0 Å². The van der Waals surface area contributed by atoms with Gasteiger partial charge in [0.2, 0.25) is 5.91 Å². The van der Waals surface area contributed by atoms with E-state index >= 15 is 0 Å². The van der Waals surface area contributed by atoms with E-state index < -0.39 is 11.9 Å². The van der Waals surface area contributed by atoms with Crippen molar-refractivity contribution in [3.8, 4) is 0 Å². The highest BCUT2D eigenvalue weighted by Gasteiger charge is 2.04. The Balaban J connectivity index is 3.70. The van der Waals surface area contributed by atoms with Crippen LogP contribution in [0, 0.1) is 0 Å². The topological polar surface area (TPSA) is 66.4 Å². The number of carboxylic acid groups (broad SMARTS) is 1. The molecule has 1 amide bonds. The van der Waals surface area contributed by atoms with Crippen LogP contribution in [0.2, 0.25) is 0 Å². The van der Waals surface area contributed by atoms with Gasteiger partial charge >= 0.3 is 5.97 Å². The van der Waals surface area contributed by atoms with Crippen LogP contribution in [0.25, 0.3) is 0 Å². The first-order valence-corrected chi connectivity index (χ1v) is 3.25. The zero-order valence-electron chi connectivity index (χ0n) is 6.39. The molecule has 0 radical (unpaired) electrons. The number of nitrogens with one attached hydrogen (secondary N) is 1. The number of hydrogen-bond acceptors (Lipinski definition) is 2. The van der Waals surface area contributed by atoms with Crippen LogP contribution >= 0.6 is 0 Å². The van der Waals surface area contributed by atoms with Crippen molar-refractivity contribution in [2.45, 2.75) is 13.3 Å². The molecule has 0 aliphatic rings. The van der Waals surface area contributed by atoms with Gasteiger partial charge in [0, 0.05) is 5.57 Å². The van der Waals surface area contributed by atoms with Gasteiger partial charge in [-0.1, -0.05) is 13.5 Å². The molecule has 0 atom stereocenters. The van der Waals surface area contributed by atoms with Crippen LogP contribution in [0.5, 0.6) is 0 Å². The van der Waals surface area contributed by atoms with Gasteiger partial charge in [-0.2, -0.15) is 0 Å². The fourth-order valence-electron chi connectivity index (χ4n) is 0.441. The monoisotopic (exact) mass is 157 g/mol. The van der Waals surface area contributed by atoms with Gasteiger partial charge in [-0.05, 0) is 6.42 Å². The molecular formula is C7H11NO3. The van der Waals surface area contributed by atoms with Gasteiger partial charge in [0.1, 0.15) is 6.54 Å². The van der Waals surface area contributed by atoms with E-state index in [2.05, 4.69) is 11.9 Å². The van der Waals surface area contributed by atoms with Crippen LogP contribution in [-0.2, 0) is 9.59 Å². The van der Waals surface area contributed by atoms with Gasteiger partial charge < -0.3 is 10.4 Å². The average Bonchev–Trinajstić information content (AvgIpc) is 1.98. The molecule has 0 bridgehead atoms. The number of rotatable bonds is 4. The summed E-state index contributed by atoms with van der Waals surface area (Å²) in [5, 5.41) is 10.4. The molecule has 62 valence electrons. The highest BCUT2D eigenvalue weighted by Crippen LogP contribution is 1.94. The summed E-state index contributed by atoms with van der Waals surface area (Å²) in [7, 11) is 0. The van der Waals surface area contributed by atoms with E-state index in [0.29, 0.717) is 12.0 Å². The van der Waals surface area contributed by atoms with E-state index in [1.54, 1.807) is 6.92 Å². The molecule has 0 saturated heterocycles. The van der Waals surface area contributed by atoms with Gasteiger partial charge in [-0.15, -0.1) is 0 Å². The van der Waals surface area contributed by atoms with Crippen molar-refractivity contribution in [2.24, 2.45) is 0 Å². The van der Waals surface area contributed by atoms with Crippen LogP contribution in [0.3, 0.4) is 0 Å². The van der Waals surface area contributed by atoms with Crippen LogP contribution in [0.1, 0.15) is 13.3 Å². The molecule has 0 rings (SSSR count). The first kappa shape index (κ1) is 9.68. The number of carboxylic acids is 1. The zero-order valence-corrected chi connectivity index (χ0v) is 6.39. The van der Waals surface area contributed by atoms with Crippen molar-refractivity contribution in [3.05, 3.63) is 12.2 Å². The minimum atomic E-state index is -1.05. The third kappa shape index (κ3) is 4.13. The standard InChI is InChI=1S/C7H11NO3/c1-3-5(2)7(11)8-4-6(9)10/h2-4H2,1H3,(H,8,11)(H,9,10). The number of carbonyl (C=O) groups is 2. The molecule has 4 nitrogen and oxygen atoms in total. The lowest BCUT2D eigenvalue weighted by Crippen LogP contribution is -2.29.